The topological polar surface area (TPSA) is 49.3 Å². The monoisotopic (exact) mass is 313 g/mol. The van der Waals surface area contributed by atoms with E-state index in [-0.39, 0.29) is 12.5 Å². The molecular weight excluding hydrogens is 297 g/mol. The van der Waals surface area contributed by atoms with E-state index in [9.17, 15) is 9.90 Å². The van der Waals surface area contributed by atoms with Crippen LogP contribution in [0.3, 0.4) is 0 Å². The summed E-state index contributed by atoms with van der Waals surface area (Å²) in [5.41, 5.74) is 0.235. The van der Waals surface area contributed by atoms with E-state index < -0.39 is 5.54 Å². The summed E-state index contributed by atoms with van der Waals surface area (Å²) in [6, 6.07) is 5.26. The fourth-order valence-electron chi connectivity index (χ4n) is 2.49. The van der Waals surface area contributed by atoms with Crippen LogP contribution in [0.2, 0.25) is 10.0 Å². The van der Waals surface area contributed by atoms with Gasteiger partial charge in [-0.15, -0.1) is 0 Å². The van der Waals surface area contributed by atoms with Gasteiger partial charge in [-0.05, 0) is 30.5 Å². The van der Waals surface area contributed by atoms with E-state index in [1.165, 1.54) is 6.08 Å². The van der Waals surface area contributed by atoms with Crippen molar-refractivity contribution in [3.8, 4) is 0 Å². The van der Waals surface area contributed by atoms with E-state index >= 15 is 0 Å². The second-order valence-corrected chi connectivity index (χ2v) is 5.90. The Morgan fingerprint density at radius 2 is 2.05 bits per heavy atom. The molecule has 3 nitrogen and oxygen atoms in total. The molecule has 0 spiro atoms. The maximum Gasteiger partial charge on any atom is 0.244 e. The van der Waals surface area contributed by atoms with Gasteiger partial charge in [0.25, 0.3) is 0 Å². The number of aliphatic hydroxyl groups is 1. The van der Waals surface area contributed by atoms with Gasteiger partial charge in [0.1, 0.15) is 0 Å². The van der Waals surface area contributed by atoms with E-state index in [2.05, 4.69) is 5.32 Å². The van der Waals surface area contributed by atoms with Crippen molar-refractivity contribution >= 4 is 35.2 Å². The molecule has 0 saturated heterocycles. The number of carbonyl (C=O) groups is 1. The molecule has 108 valence electrons. The Kier molecular flexibility index (Phi) is 5.08. The molecular formula is C15H17Cl2NO2. The summed E-state index contributed by atoms with van der Waals surface area (Å²) in [5.74, 6) is -0.225. The first-order chi connectivity index (χ1) is 9.56. The maximum absolute atomic E-state index is 11.9. The molecule has 0 radical (unpaired) electrons. The molecule has 1 saturated carbocycles. The molecule has 20 heavy (non-hydrogen) atoms. The Morgan fingerprint density at radius 1 is 1.35 bits per heavy atom. The van der Waals surface area contributed by atoms with Gasteiger partial charge < -0.3 is 10.4 Å². The van der Waals surface area contributed by atoms with E-state index in [4.69, 9.17) is 23.2 Å². The van der Waals surface area contributed by atoms with Crippen LogP contribution in [0.1, 0.15) is 31.2 Å². The minimum Gasteiger partial charge on any atom is -0.394 e. The van der Waals surface area contributed by atoms with Crippen molar-refractivity contribution in [3.63, 3.8) is 0 Å². The van der Waals surface area contributed by atoms with Crippen LogP contribution < -0.4 is 5.32 Å². The lowest BCUT2D eigenvalue weighted by Gasteiger charge is -2.27. The number of nitrogens with one attached hydrogen (secondary N) is 1. The van der Waals surface area contributed by atoms with Crippen molar-refractivity contribution < 1.29 is 9.90 Å². The van der Waals surface area contributed by atoms with Crippen LogP contribution in [0.4, 0.5) is 0 Å². The normalized spacial score (nSPS) is 17.6. The second kappa shape index (κ2) is 6.61. The smallest absolute Gasteiger partial charge is 0.244 e. The highest BCUT2D eigenvalue weighted by atomic mass is 35.5. The van der Waals surface area contributed by atoms with Gasteiger partial charge in [0.05, 0.1) is 22.2 Å². The molecule has 0 aromatic heterocycles. The minimum atomic E-state index is -0.459. The van der Waals surface area contributed by atoms with Gasteiger partial charge in [0, 0.05) is 6.08 Å². The lowest BCUT2D eigenvalue weighted by molar-refractivity contribution is -0.118. The number of aliphatic hydroxyl groups excluding tert-OH is 1. The summed E-state index contributed by atoms with van der Waals surface area (Å²) >= 11 is 12.0. The summed E-state index contributed by atoms with van der Waals surface area (Å²) in [5, 5.41) is 13.2. The fraction of sp³-hybridized carbons (Fsp3) is 0.400. The van der Waals surface area contributed by atoms with Crippen LogP contribution >= 0.6 is 23.2 Å². The van der Waals surface area contributed by atoms with Crippen LogP contribution in [0, 0.1) is 0 Å². The van der Waals surface area contributed by atoms with Crippen molar-refractivity contribution in [2.24, 2.45) is 0 Å². The van der Waals surface area contributed by atoms with Gasteiger partial charge >= 0.3 is 0 Å². The van der Waals surface area contributed by atoms with Crippen molar-refractivity contribution in [3.05, 3.63) is 39.9 Å². The van der Waals surface area contributed by atoms with Crippen molar-refractivity contribution in [2.75, 3.05) is 6.61 Å². The van der Waals surface area contributed by atoms with Crippen LogP contribution in [0.5, 0.6) is 0 Å². The fourth-order valence-corrected chi connectivity index (χ4v) is 2.86. The number of carbonyl (C=O) groups excluding carboxylic acids is 1. The van der Waals surface area contributed by atoms with Crippen LogP contribution in [0.15, 0.2) is 24.3 Å². The predicted octanol–water partition coefficient (Wildman–Crippen LogP) is 3.43. The molecule has 1 aromatic carbocycles. The third kappa shape index (κ3) is 3.54. The van der Waals surface area contributed by atoms with Gasteiger partial charge in [0.15, 0.2) is 0 Å². The van der Waals surface area contributed by atoms with Gasteiger partial charge in [-0.1, -0.05) is 48.2 Å². The molecule has 0 atom stereocenters. The first kappa shape index (κ1) is 15.4. The van der Waals surface area contributed by atoms with Gasteiger partial charge in [0.2, 0.25) is 5.91 Å². The molecule has 0 bridgehead atoms. The number of hydrogen-bond acceptors (Lipinski definition) is 2. The summed E-state index contributed by atoms with van der Waals surface area (Å²) in [7, 11) is 0. The van der Waals surface area contributed by atoms with Gasteiger partial charge in [-0.2, -0.15) is 0 Å². The van der Waals surface area contributed by atoms with Crippen LogP contribution in [-0.2, 0) is 4.79 Å². The molecule has 0 unspecified atom stereocenters. The quantitative estimate of drug-likeness (QED) is 0.837. The second-order valence-electron chi connectivity index (χ2n) is 5.11. The largest absolute Gasteiger partial charge is 0.394 e. The molecule has 1 aliphatic carbocycles. The molecule has 0 heterocycles. The third-order valence-electron chi connectivity index (χ3n) is 3.65. The predicted molar refractivity (Wildman–Crippen MR) is 81.9 cm³/mol. The van der Waals surface area contributed by atoms with E-state index in [1.54, 1.807) is 24.3 Å². The highest BCUT2D eigenvalue weighted by molar-refractivity contribution is 6.42. The zero-order valence-electron chi connectivity index (χ0n) is 11.0. The number of amides is 1. The summed E-state index contributed by atoms with van der Waals surface area (Å²) < 4.78 is 0. The van der Waals surface area contributed by atoms with E-state index in [1.807, 2.05) is 0 Å². The first-order valence-corrected chi connectivity index (χ1v) is 7.37. The van der Waals surface area contributed by atoms with Crippen molar-refractivity contribution in [1.82, 2.24) is 5.32 Å². The highest BCUT2D eigenvalue weighted by Gasteiger charge is 2.33. The maximum atomic E-state index is 11.9. The first-order valence-electron chi connectivity index (χ1n) is 6.61. The molecule has 1 amide bonds. The SMILES string of the molecule is O=C(C=Cc1cccc(Cl)c1Cl)NC1(CO)CCCC1. The Hall–Kier alpha value is -1.03. The summed E-state index contributed by atoms with van der Waals surface area (Å²) in [6.45, 7) is -0.0233. The molecule has 0 aliphatic heterocycles. The zero-order valence-corrected chi connectivity index (χ0v) is 12.5. The lowest BCUT2D eigenvalue weighted by Crippen LogP contribution is -2.48. The van der Waals surface area contributed by atoms with Crippen molar-refractivity contribution in [2.45, 2.75) is 31.2 Å². The highest BCUT2D eigenvalue weighted by Crippen LogP contribution is 2.29. The molecule has 1 fully saturated rings. The number of benzene rings is 1. The number of hydrogen-bond donors (Lipinski definition) is 2. The summed E-state index contributed by atoms with van der Waals surface area (Å²) in [4.78, 5) is 11.9. The molecule has 1 aromatic rings. The van der Waals surface area contributed by atoms with Crippen LogP contribution in [-0.4, -0.2) is 23.2 Å². The minimum absolute atomic E-state index is 0.0233. The van der Waals surface area contributed by atoms with Gasteiger partial charge in [-0.25, -0.2) is 0 Å². The van der Waals surface area contributed by atoms with Gasteiger partial charge in [-0.3, -0.25) is 4.79 Å². The number of halogens is 2. The molecule has 2 rings (SSSR count). The average Bonchev–Trinajstić information content (AvgIpc) is 2.89. The van der Waals surface area contributed by atoms with Crippen LogP contribution in [0.25, 0.3) is 6.08 Å². The molecule has 1 aliphatic rings. The number of rotatable bonds is 4. The summed E-state index contributed by atoms with van der Waals surface area (Å²) in [6.07, 6.45) is 6.76. The van der Waals surface area contributed by atoms with Crippen molar-refractivity contribution in [1.29, 1.82) is 0 Å². The lowest BCUT2D eigenvalue weighted by atomic mass is 9.99. The Labute approximate surface area is 128 Å². The zero-order chi connectivity index (χ0) is 14.6. The molecule has 2 N–H and O–H groups in total. The van der Waals surface area contributed by atoms with E-state index in [0.717, 1.165) is 25.7 Å². The Bertz CT molecular complexity index is 523. The Balaban J connectivity index is 2.04. The Morgan fingerprint density at radius 3 is 2.70 bits per heavy atom. The average molecular weight is 314 g/mol. The third-order valence-corrected chi connectivity index (χ3v) is 4.48. The van der Waals surface area contributed by atoms with E-state index in [0.29, 0.717) is 15.6 Å². The molecule has 5 heteroatoms. The standard InChI is InChI=1S/C15H17Cl2NO2/c16-12-5-3-4-11(14(12)17)6-7-13(20)18-15(10-19)8-1-2-9-15/h3-7,19H,1-2,8-10H2,(H,18,20).